The zero-order chi connectivity index (χ0) is 10.4. The van der Waals surface area contributed by atoms with Crippen molar-refractivity contribution in [3.63, 3.8) is 0 Å². The van der Waals surface area contributed by atoms with Gasteiger partial charge < -0.3 is 15.9 Å². The highest BCUT2D eigenvalue weighted by Crippen LogP contribution is 2.11. The number of allylic oxidation sites excluding steroid dienone is 1. The molecule has 0 aliphatic rings. The molecular weight excluding hydrogens is 210 g/mol. The van der Waals surface area contributed by atoms with Gasteiger partial charge in [0.25, 0.3) is 0 Å². The molecule has 0 aromatic rings. The molecule has 0 fully saturated rings. The molecular formula is C8H14ClNO4. The van der Waals surface area contributed by atoms with Gasteiger partial charge >= 0.3 is 11.9 Å². The van der Waals surface area contributed by atoms with Crippen molar-refractivity contribution in [1.82, 2.24) is 0 Å². The molecule has 14 heavy (non-hydrogen) atoms. The summed E-state index contributed by atoms with van der Waals surface area (Å²) in [4.78, 5) is 20.9. The van der Waals surface area contributed by atoms with Crippen LogP contribution in [0.3, 0.4) is 0 Å². The molecule has 0 aliphatic heterocycles. The monoisotopic (exact) mass is 223 g/mol. The number of rotatable bonds is 6. The van der Waals surface area contributed by atoms with Gasteiger partial charge in [0.05, 0.1) is 5.92 Å². The lowest BCUT2D eigenvalue weighted by Gasteiger charge is -2.12. The van der Waals surface area contributed by atoms with E-state index < -0.39 is 23.9 Å². The Kier molecular flexibility index (Phi) is 8.08. The summed E-state index contributed by atoms with van der Waals surface area (Å²) in [6.45, 7) is 3.38. The summed E-state index contributed by atoms with van der Waals surface area (Å²) in [6.07, 6.45) is 1.60. The van der Waals surface area contributed by atoms with Gasteiger partial charge in [-0.2, -0.15) is 0 Å². The molecule has 82 valence electrons. The number of aliphatic carboxylic acids is 2. The summed E-state index contributed by atoms with van der Waals surface area (Å²) >= 11 is 0. The smallest absolute Gasteiger partial charge is 0.320 e. The Bertz CT molecular complexity index is 219. The van der Waals surface area contributed by atoms with Gasteiger partial charge in [-0.05, 0) is 12.8 Å². The van der Waals surface area contributed by atoms with Gasteiger partial charge in [-0.3, -0.25) is 9.59 Å². The lowest BCUT2D eigenvalue weighted by molar-refractivity contribution is -0.143. The maximum Gasteiger partial charge on any atom is 0.320 e. The molecule has 0 aliphatic carbocycles. The van der Waals surface area contributed by atoms with Crippen molar-refractivity contribution >= 4 is 24.3 Å². The van der Waals surface area contributed by atoms with E-state index in [0.29, 0.717) is 0 Å². The molecule has 0 rings (SSSR count). The molecule has 0 amide bonds. The van der Waals surface area contributed by atoms with Crippen LogP contribution in [0.2, 0.25) is 0 Å². The lowest BCUT2D eigenvalue weighted by Crippen LogP contribution is -2.34. The average Bonchev–Trinajstić information content (AvgIpc) is 2.03. The first-order valence-electron chi connectivity index (χ1n) is 3.81. The van der Waals surface area contributed by atoms with E-state index in [0.717, 1.165) is 0 Å². The van der Waals surface area contributed by atoms with Gasteiger partial charge in [-0.25, -0.2) is 0 Å². The first-order chi connectivity index (χ1) is 5.99. The van der Waals surface area contributed by atoms with Crippen LogP contribution in [0.15, 0.2) is 12.7 Å². The Balaban J connectivity index is 0. The van der Waals surface area contributed by atoms with Crippen LogP contribution >= 0.6 is 12.4 Å². The average molecular weight is 224 g/mol. The van der Waals surface area contributed by atoms with E-state index >= 15 is 0 Å². The molecule has 4 N–H and O–H groups in total. The van der Waals surface area contributed by atoms with Crippen molar-refractivity contribution in [2.45, 2.75) is 18.9 Å². The zero-order valence-corrected chi connectivity index (χ0v) is 8.37. The van der Waals surface area contributed by atoms with Crippen molar-refractivity contribution in [2.75, 3.05) is 0 Å². The van der Waals surface area contributed by atoms with Crippen LogP contribution in [0.25, 0.3) is 0 Å². The van der Waals surface area contributed by atoms with Crippen LogP contribution in [0.1, 0.15) is 12.8 Å². The molecule has 0 heterocycles. The molecule has 0 saturated carbocycles. The minimum Gasteiger partial charge on any atom is -0.481 e. The highest BCUT2D eigenvalue weighted by Gasteiger charge is 2.22. The molecule has 0 saturated heterocycles. The molecule has 0 bridgehead atoms. The minimum absolute atomic E-state index is 0. The van der Waals surface area contributed by atoms with Crippen LogP contribution in [0.4, 0.5) is 0 Å². The third-order valence-electron chi connectivity index (χ3n) is 1.66. The number of carboxylic acids is 2. The fourth-order valence-electron chi connectivity index (χ4n) is 0.906. The van der Waals surface area contributed by atoms with Crippen LogP contribution in [0.5, 0.6) is 0 Å². The van der Waals surface area contributed by atoms with E-state index in [1.54, 1.807) is 0 Å². The molecule has 5 nitrogen and oxygen atoms in total. The van der Waals surface area contributed by atoms with Gasteiger partial charge in [0.2, 0.25) is 0 Å². The van der Waals surface area contributed by atoms with Crippen LogP contribution in [-0.2, 0) is 9.59 Å². The number of hydrogen-bond acceptors (Lipinski definition) is 3. The number of nitrogens with two attached hydrogens (primary N) is 1. The summed E-state index contributed by atoms with van der Waals surface area (Å²) in [6, 6.07) is -1.12. The van der Waals surface area contributed by atoms with Crippen molar-refractivity contribution in [3.05, 3.63) is 12.7 Å². The zero-order valence-electron chi connectivity index (χ0n) is 7.55. The SMILES string of the molecule is C=CCC(C[C@H](N)C(=O)O)C(=O)O.Cl. The maximum absolute atomic E-state index is 10.6. The third kappa shape index (κ3) is 5.55. The molecule has 0 radical (unpaired) electrons. The largest absolute Gasteiger partial charge is 0.481 e. The first-order valence-corrected chi connectivity index (χ1v) is 3.81. The van der Waals surface area contributed by atoms with Gasteiger partial charge in [-0.15, -0.1) is 19.0 Å². The second-order valence-corrected chi connectivity index (χ2v) is 2.74. The molecule has 0 aromatic carbocycles. The van der Waals surface area contributed by atoms with Gasteiger partial charge in [-0.1, -0.05) is 6.08 Å². The second kappa shape index (κ2) is 7.34. The van der Waals surface area contributed by atoms with Crippen molar-refractivity contribution < 1.29 is 19.8 Å². The van der Waals surface area contributed by atoms with Crippen molar-refractivity contribution in [3.8, 4) is 0 Å². The first kappa shape index (κ1) is 15.4. The standard InChI is InChI=1S/C8H13NO4.ClH/c1-2-3-5(7(10)11)4-6(9)8(12)13;/h2,5-6H,1,3-4,9H2,(H,10,11)(H,12,13);1H/t5?,6-;/m0./s1. The topological polar surface area (TPSA) is 101 Å². The van der Waals surface area contributed by atoms with E-state index in [1.807, 2.05) is 0 Å². The van der Waals surface area contributed by atoms with Gasteiger partial charge in [0.15, 0.2) is 0 Å². The number of hydrogen-bond donors (Lipinski definition) is 3. The summed E-state index contributed by atoms with van der Waals surface area (Å²) in [7, 11) is 0. The van der Waals surface area contributed by atoms with E-state index in [1.165, 1.54) is 6.08 Å². The Labute approximate surface area is 88.0 Å². The second-order valence-electron chi connectivity index (χ2n) is 2.74. The Hall–Kier alpha value is -1.07. The molecule has 6 heteroatoms. The maximum atomic E-state index is 10.6. The highest BCUT2D eigenvalue weighted by molar-refractivity contribution is 5.85. The quantitative estimate of drug-likeness (QED) is 0.569. The highest BCUT2D eigenvalue weighted by atomic mass is 35.5. The summed E-state index contributed by atoms with van der Waals surface area (Å²) < 4.78 is 0. The third-order valence-corrected chi connectivity index (χ3v) is 1.66. The molecule has 2 atom stereocenters. The fraction of sp³-hybridized carbons (Fsp3) is 0.500. The lowest BCUT2D eigenvalue weighted by atomic mass is 9.97. The van der Waals surface area contributed by atoms with Crippen molar-refractivity contribution in [1.29, 1.82) is 0 Å². The Morgan fingerprint density at radius 2 is 1.86 bits per heavy atom. The molecule has 1 unspecified atom stereocenters. The van der Waals surface area contributed by atoms with Gasteiger partial charge in [0, 0.05) is 0 Å². The predicted octanol–water partition coefficient (Wildman–Crippen LogP) is 0.487. The normalized spacial score (nSPS) is 13.5. The molecule has 0 spiro atoms. The summed E-state index contributed by atoms with van der Waals surface area (Å²) in [5.74, 6) is -2.99. The van der Waals surface area contributed by atoms with Gasteiger partial charge in [0.1, 0.15) is 6.04 Å². The summed E-state index contributed by atoms with van der Waals surface area (Å²) in [5, 5.41) is 17.1. The molecule has 0 aromatic heterocycles. The van der Waals surface area contributed by atoms with E-state index in [-0.39, 0.29) is 25.2 Å². The number of halogens is 1. The van der Waals surface area contributed by atoms with Crippen LogP contribution in [0, 0.1) is 5.92 Å². The van der Waals surface area contributed by atoms with Crippen LogP contribution in [-0.4, -0.2) is 28.2 Å². The minimum atomic E-state index is -1.18. The number of carbonyl (C=O) groups is 2. The number of carboxylic acid groups (broad SMARTS) is 2. The van der Waals surface area contributed by atoms with E-state index in [2.05, 4.69) is 6.58 Å². The van der Waals surface area contributed by atoms with E-state index in [4.69, 9.17) is 15.9 Å². The Morgan fingerprint density at radius 3 is 2.14 bits per heavy atom. The Morgan fingerprint density at radius 1 is 1.36 bits per heavy atom. The van der Waals surface area contributed by atoms with Crippen LogP contribution < -0.4 is 5.73 Å². The summed E-state index contributed by atoms with van der Waals surface area (Å²) in [5.41, 5.74) is 5.19. The van der Waals surface area contributed by atoms with Crippen molar-refractivity contribution in [2.24, 2.45) is 11.7 Å². The van der Waals surface area contributed by atoms with E-state index in [9.17, 15) is 9.59 Å². The predicted molar refractivity (Wildman–Crippen MR) is 53.4 cm³/mol. The fourth-order valence-corrected chi connectivity index (χ4v) is 0.906.